The minimum atomic E-state index is 0.220. The molecule has 0 saturated carbocycles. The molecule has 1 aromatic heterocycles. The molecule has 19 heavy (non-hydrogen) atoms. The van der Waals surface area contributed by atoms with Gasteiger partial charge in [0.05, 0.1) is 18.5 Å². The van der Waals surface area contributed by atoms with Gasteiger partial charge in [-0.25, -0.2) is 0 Å². The van der Waals surface area contributed by atoms with E-state index in [1.165, 1.54) is 16.0 Å². The Kier molecular flexibility index (Phi) is 5.43. The van der Waals surface area contributed by atoms with Gasteiger partial charge in [0.15, 0.2) is 0 Å². The van der Waals surface area contributed by atoms with E-state index in [0.29, 0.717) is 0 Å². The molecule has 1 unspecified atom stereocenters. The summed E-state index contributed by atoms with van der Waals surface area (Å²) >= 11 is 5.45. The van der Waals surface area contributed by atoms with Crippen LogP contribution in [-0.2, 0) is 11.2 Å². The third-order valence-electron chi connectivity index (χ3n) is 2.95. The highest BCUT2D eigenvalue weighted by Gasteiger charge is 2.13. The quantitative estimate of drug-likeness (QED) is 0.724. The van der Waals surface area contributed by atoms with Gasteiger partial charge in [-0.3, -0.25) is 0 Å². The molecule has 0 radical (unpaired) electrons. The van der Waals surface area contributed by atoms with Crippen LogP contribution in [0, 0.1) is 0 Å². The largest absolute Gasteiger partial charge is 0.496 e. The SMILES string of the molecule is COCCc1ccc(C(Br)c2cc(OC)cs2)cc1. The molecule has 0 N–H and O–H groups in total. The molecule has 0 aliphatic carbocycles. The molecule has 2 rings (SSSR count). The molecule has 0 saturated heterocycles. The van der Waals surface area contributed by atoms with Gasteiger partial charge in [-0.2, -0.15) is 0 Å². The summed E-state index contributed by atoms with van der Waals surface area (Å²) in [6.07, 6.45) is 0.955. The molecule has 1 heterocycles. The van der Waals surface area contributed by atoms with Crippen molar-refractivity contribution in [2.24, 2.45) is 0 Å². The first kappa shape index (κ1) is 14.6. The Hall–Kier alpha value is -0.840. The highest BCUT2D eigenvalue weighted by atomic mass is 79.9. The van der Waals surface area contributed by atoms with Crippen LogP contribution in [0.3, 0.4) is 0 Å². The topological polar surface area (TPSA) is 18.5 Å². The lowest BCUT2D eigenvalue weighted by molar-refractivity contribution is 0.202. The van der Waals surface area contributed by atoms with Crippen LogP contribution in [0.2, 0.25) is 0 Å². The van der Waals surface area contributed by atoms with Gasteiger partial charge in [-0.15, -0.1) is 11.3 Å². The predicted octanol–water partition coefficient (Wildman–Crippen LogP) is 4.43. The Labute approximate surface area is 126 Å². The minimum Gasteiger partial charge on any atom is -0.496 e. The Morgan fingerprint density at radius 3 is 2.53 bits per heavy atom. The molecule has 102 valence electrons. The molecule has 2 nitrogen and oxygen atoms in total. The van der Waals surface area contributed by atoms with Crippen molar-refractivity contribution in [1.82, 2.24) is 0 Å². The van der Waals surface area contributed by atoms with E-state index in [4.69, 9.17) is 9.47 Å². The van der Waals surface area contributed by atoms with Gasteiger partial charge in [0.1, 0.15) is 5.75 Å². The van der Waals surface area contributed by atoms with E-state index in [1.807, 2.05) is 5.38 Å². The second kappa shape index (κ2) is 7.08. The molecule has 0 amide bonds. The summed E-state index contributed by atoms with van der Waals surface area (Å²) in [4.78, 5) is 1.47. The van der Waals surface area contributed by atoms with E-state index in [2.05, 4.69) is 46.3 Å². The number of rotatable bonds is 6. The van der Waals surface area contributed by atoms with Gasteiger partial charge in [-0.1, -0.05) is 40.2 Å². The fourth-order valence-corrected chi connectivity index (χ4v) is 3.43. The maximum absolute atomic E-state index is 5.22. The maximum Gasteiger partial charge on any atom is 0.129 e. The van der Waals surface area contributed by atoms with Crippen molar-refractivity contribution in [1.29, 1.82) is 0 Å². The molecule has 1 atom stereocenters. The second-order valence-electron chi connectivity index (χ2n) is 4.24. The normalized spacial score (nSPS) is 12.4. The van der Waals surface area contributed by atoms with Crippen LogP contribution < -0.4 is 4.74 Å². The van der Waals surface area contributed by atoms with Crippen molar-refractivity contribution in [3.63, 3.8) is 0 Å². The highest BCUT2D eigenvalue weighted by Crippen LogP contribution is 2.36. The van der Waals surface area contributed by atoms with Gasteiger partial charge >= 0.3 is 0 Å². The number of methoxy groups -OCH3 is 2. The molecule has 0 aliphatic heterocycles. The lowest BCUT2D eigenvalue weighted by Crippen LogP contribution is -1.95. The van der Waals surface area contributed by atoms with E-state index in [9.17, 15) is 0 Å². The minimum absolute atomic E-state index is 0.220. The first-order valence-corrected chi connectivity index (χ1v) is 7.88. The zero-order valence-corrected chi connectivity index (χ0v) is 13.5. The molecule has 4 heteroatoms. The van der Waals surface area contributed by atoms with Crippen molar-refractivity contribution >= 4 is 27.3 Å². The van der Waals surface area contributed by atoms with Crippen LogP contribution in [0.4, 0.5) is 0 Å². The molecular formula is C15H17BrO2S. The number of thiophene rings is 1. The number of benzene rings is 1. The first-order valence-electron chi connectivity index (χ1n) is 6.09. The van der Waals surface area contributed by atoms with E-state index in [-0.39, 0.29) is 4.83 Å². The number of halogens is 1. The Morgan fingerprint density at radius 1 is 1.21 bits per heavy atom. The van der Waals surface area contributed by atoms with Gasteiger partial charge < -0.3 is 9.47 Å². The van der Waals surface area contributed by atoms with E-state index in [0.717, 1.165) is 18.8 Å². The lowest BCUT2D eigenvalue weighted by atomic mass is 10.1. The summed E-state index contributed by atoms with van der Waals surface area (Å²) in [7, 11) is 3.42. The second-order valence-corrected chi connectivity index (χ2v) is 6.09. The molecule has 0 fully saturated rings. The molecule has 0 bridgehead atoms. The van der Waals surface area contributed by atoms with Crippen LogP contribution in [0.15, 0.2) is 35.7 Å². The van der Waals surface area contributed by atoms with Crippen LogP contribution in [-0.4, -0.2) is 20.8 Å². The summed E-state index contributed by atoms with van der Waals surface area (Å²) in [5, 5.41) is 2.02. The number of hydrogen-bond donors (Lipinski definition) is 0. The fraction of sp³-hybridized carbons (Fsp3) is 0.333. The van der Waals surface area contributed by atoms with Crippen molar-refractivity contribution in [2.75, 3.05) is 20.8 Å². The smallest absolute Gasteiger partial charge is 0.129 e. The van der Waals surface area contributed by atoms with E-state index < -0.39 is 0 Å². The van der Waals surface area contributed by atoms with Crippen molar-refractivity contribution in [3.8, 4) is 5.75 Å². The number of alkyl halides is 1. The predicted molar refractivity (Wildman–Crippen MR) is 83.7 cm³/mol. The van der Waals surface area contributed by atoms with Crippen LogP contribution in [0.5, 0.6) is 5.75 Å². The van der Waals surface area contributed by atoms with Gasteiger partial charge in [0.25, 0.3) is 0 Å². The summed E-state index contributed by atoms with van der Waals surface area (Å²) in [5.74, 6) is 0.918. The van der Waals surface area contributed by atoms with E-state index >= 15 is 0 Å². The maximum atomic E-state index is 5.22. The number of hydrogen-bond acceptors (Lipinski definition) is 3. The highest BCUT2D eigenvalue weighted by molar-refractivity contribution is 9.09. The van der Waals surface area contributed by atoms with Crippen molar-refractivity contribution < 1.29 is 9.47 Å². The third kappa shape index (κ3) is 3.81. The Balaban J connectivity index is 2.08. The zero-order valence-electron chi connectivity index (χ0n) is 11.1. The average molecular weight is 341 g/mol. The summed E-state index contributed by atoms with van der Waals surface area (Å²) in [6, 6.07) is 10.7. The van der Waals surface area contributed by atoms with Crippen LogP contribution in [0.1, 0.15) is 20.8 Å². The Morgan fingerprint density at radius 2 is 1.95 bits per heavy atom. The van der Waals surface area contributed by atoms with E-state index in [1.54, 1.807) is 25.6 Å². The van der Waals surface area contributed by atoms with Crippen LogP contribution >= 0.6 is 27.3 Å². The first-order chi connectivity index (χ1) is 9.24. The summed E-state index contributed by atoms with van der Waals surface area (Å²) in [6.45, 7) is 0.763. The molecular weight excluding hydrogens is 324 g/mol. The van der Waals surface area contributed by atoms with Crippen LogP contribution in [0.25, 0.3) is 0 Å². The summed E-state index contributed by atoms with van der Waals surface area (Å²) < 4.78 is 10.3. The van der Waals surface area contributed by atoms with Crippen molar-refractivity contribution in [2.45, 2.75) is 11.2 Å². The fourth-order valence-electron chi connectivity index (χ4n) is 1.81. The summed E-state index contributed by atoms with van der Waals surface area (Å²) in [5.41, 5.74) is 2.56. The average Bonchev–Trinajstić information content (AvgIpc) is 2.94. The monoisotopic (exact) mass is 340 g/mol. The number of ether oxygens (including phenoxy) is 2. The third-order valence-corrected chi connectivity index (χ3v) is 5.25. The van der Waals surface area contributed by atoms with Gasteiger partial charge in [0, 0.05) is 17.4 Å². The molecule has 0 spiro atoms. The van der Waals surface area contributed by atoms with Gasteiger partial charge in [-0.05, 0) is 23.6 Å². The van der Waals surface area contributed by atoms with Gasteiger partial charge in [0.2, 0.25) is 0 Å². The zero-order chi connectivity index (χ0) is 13.7. The molecule has 1 aromatic carbocycles. The lowest BCUT2D eigenvalue weighted by Gasteiger charge is -2.09. The molecule has 2 aromatic rings. The standard InChI is InChI=1S/C15H17BrO2S/c1-17-8-7-11-3-5-12(6-4-11)15(16)14-9-13(18-2)10-19-14/h3-6,9-10,15H,7-8H2,1-2H3. The molecule has 0 aliphatic rings. The Bertz CT molecular complexity index is 507. The van der Waals surface area contributed by atoms with Crippen molar-refractivity contribution in [3.05, 3.63) is 51.7 Å².